The molecule has 0 radical (unpaired) electrons. The third-order valence-corrected chi connectivity index (χ3v) is 0.711. The minimum Gasteiger partial charge on any atom is -0.392 e. The van der Waals surface area contributed by atoms with Crippen molar-refractivity contribution in [2.75, 3.05) is 19.8 Å². The Morgan fingerprint density at radius 2 is 2.22 bits per heavy atom. The maximum Gasteiger partial charge on any atom is 0.102 e. The highest BCUT2D eigenvalue weighted by Crippen LogP contribution is 1.73. The number of aliphatic hydroxyl groups excluding tert-OH is 1. The highest BCUT2D eigenvalue weighted by atomic mass is 35.5. The molecule has 0 saturated carbocycles. The van der Waals surface area contributed by atoms with Crippen LogP contribution in [0, 0.1) is 0 Å². The van der Waals surface area contributed by atoms with Crippen LogP contribution in [0.2, 0.25) is 0 Å². The molecule has 0 unspecified atom stereocenters. The lowest BCUT2D eigenvalue weighted by atomic mass is 10.4. The number of alkyl halides is 1. The van der Waals surface area contributed by atoms with Crippen molar-refractivity contribution in [1.82, 2.24) is 5.32 Å². The van der Waals surface area contributed by atoms with Crippen molar-refractivity contribution in [1.29, 1.82) is 0 Å². The van der Waals surface area contributed by atoms with Gasteiger partial charge < -0.3 is 10.4 Å². The van der Waals surface area contributed by atoms with Crippen LogP contribution in [-0.4, -0.2) is 31.0 Å². The molecule has 0 fully saturated rings. The smallest absolute Gasteiger partial charge is 0.102 e. The van der Waals surface area contributed by atoms with Gasteiger partial charge in [-0.05, 0) is 6.92 Å². The van der Waals surface area contributed by atoms with Gasteiger partial charge in [-0.15, -0.1) is 12.4 Å². The van der Waals surface area contributed by atoms with Crippen LogP contribution in [0.3, 0.4) is 0 Å². The summed E-state index contributed by atoms with van der Waals surface area (Å²) in [4.78, 5) is 0. The summed E-state index contributed by atoms with van der Waals surface area (Å²) < 4.78 is 11.3. The van der Waals surface area contributed by atoms with Crippen LogP contribution in [0.15, 0.2) is 0 Å². The van der Waals surface area contributed by atoms with Gasteiger partial charge >= 0.3 is 0 Å². The first kappa shape index (κ1) is 11.9. The molecule has 4 heteroatoms. The van der Waals surface area contributed by atoms with Crippen molar-refractivity contribution in [3.05, 3.63) is 0 Å². The Balaban J connectivity index is 0. The van der Waals surface area contributed by atoms with E-state index in [0.717, 1.165) is 0 Å². The summed E-state index contributed by atoms with van der Waals surface area (Å²) in [5, 5.41) is 11.3. The van der Waals surface area contributed by atoms with E-state index in [0.29, 0.717) is 13.1 Å². The molecule has 0 bridgehead atoms. The first-order chi connectivity index (χ1) is 3.77. The topological polar surface area (TPSA) is 32.3 Å². The van der Waals surface area contributed by atoms with E-state index in [-0.39, 0.29) is 25.2 Å². The molecule has 0 aromatic heterocycles. The van der Waals surface area contributed by atoms with E-state index in [1.807, 2.05) is 0 Å². The van der Waals surface area contributed by atoms with Gasteiger partial charge in [-0.3, -0.25) is 0 Å². The van der Waals surface area contributed by atoms with Gasteiger partial charge in [0.15, 0.2) is 0 Å². The summed E-state index contributed by atoms with van der Waals surface area (Å²) in [6.07, 6.45) is -0.374. The van der Waals surface area contributed by atoms with E-state index < -0.39 is 0 Å². The van der Waals surface area contributed by atoms with Crippen LogP contribution >= 0.6 is 12.4 Å². The van der Waals surface area contributed by atoms with E-state index in [2.05, 4.69) is 5.32 Å². The fourth-order valence-electron chi connectivity index (χ4n) is 0.378. The van der Waals surface area contributed by atoms with Gasteiger partial charge in [0.25, 0.3) is 0 Å². The normalized spacial score (nSPS) is 12.3. The monoisotopic (exact) mass is 157 g/mol. The number of aliphatic hydroxyl groups is 1. The van der Waals surface area contributed by atoms with Gasteiger partial charge in [-0.2, -0.15) is 0 Å². The van der Waals surface area contributed by atoms with Crippen molar-refractivity contribution in [2.24, 2.45) is 0 Å². The maximum absolute atomic E-state index is 11.3. The standard InChI is InChI=1S/C5H12FNO.ClH/c1-5(8)4-7-3-2-6;/h5,7-8H,2-4H2,1H3;1H/t5-;/m0./s1. The van der Waals surface area contributed by atoms with E-state index in [1.165, 1.54) is 0 Å². The lowest BCUT2D eigenvalue weighted by Crippen LogP contribution is -2.25. The highest BCUT2D eigenvalue weighted by Gasteiger charge is 1.91. The van der Waals surface area contributed by atoms with E-state index in [4.69, 9.17) is 5.11 Å². The summed E-state index contributed by atoms with van der Waals surface area (Å²) >= 11 is 0. The van der Waals surface area contributed by atoms with Gasteiger partial charge in [0.05, 0.1) is 6.10 Å². The number of nitrogens with one attached hydrogen (secondary N) is 1. The van der Waals surface area contributed by atoms with Crippen LogP contribution < -0.4 is 5.32 Å². The zero-order valence-electron chi connectivity index (χ0n) is 5.43. The van der Waals surface area contributed by atoms with Crippen LogP contribution in [0.1, 0.15) is 6.92 Å². The molecule has 2 N–H and O–H groups in total. The molecule has 0 aromatic carbocycles. The van der Waals surface area contributed by atoms with Crippen molar-refractivity contribution in [2.45, 2.75) is 13.0 Å². The molecule has 58 valence electrons. The molecule has 0 aromatic rings. The summed E-state index contributed by atoms with van der Waals surface area (Å²) in [6, 6.07) is 0. The quantitative estimate of drug-likeness (QED) is 0.578. The predicted molar refractivity (Wildman–Crippen MR) is 37.8 cm³/mol. The lowest BCUT2D eigenvalue weighted by molar-refractivity contribution is 0.190. The summed E-state index contributed by atoms with van der Waals surface area (Å²) in [6.45, 7) is 2.10. The lowest BCUT2D eigenvalue weighted by Gasteiger charge is -2.02. The van der Waals surface area contributed by atoms with Gasteiger partial charge in [0.1, 0.15) is 6.67 Å². The Morgan fingerprint density at radius 3 is 2.56 bits per heavy atom. The van der Waals surface area contributed by atoms with Crippen molar-refractivity contribution >= 4 is 12.4 Å². The molecular formula is C5H13ClFNO. The number of rotatable bonds is 4. The van der Waals surface area contributed by atoms with E-state index >= 15 is 0 Å². The van der Waals surface area contributed by atoms with Gasteiger partial charge in [0, 0.05) is 13.1 Å². The van der Waals surface area contributed by atoms with E-state index in [9.17, 15) is 4.39 Å². The molecular weight excluding hydrogens is 145 g/mol. The molecule has 0 aliphatic carbocycles. The summed E-state index contributed by atoms with van der Waals surface area (Å²) in [5.74, 6) is 0. The minimum absolute atomic E-state index is 0. The molecule has 9 heavy (non-hydrogen) atoms. The molecule has 1 atom stereocenters. The molecule has 0 spiro atoms. The Bertz CT molecular complexity index is 54.2. The maximum atomic E-state index is 11.3. The van der Waals surface area contributed by atoms with Crippen molar-refractivity contribution < 1.29 is 9.50 Å². The Kier molecular flexibility index (Phi) is 10.7. The first-order valence-electron chi connectivity index (χ1n) is 2.72. The predicted octanol–water partition coefficient (Wildman–Crippen LogP) is 0.348. The zero-order chi connectivity index (χ0) is 6.41. The van der Waals surface area contributed by atoms with Gasteiger partial charge in [-0.25, -0.2) is 4.39 Å². The molecule has 0 heterocycles. The second kappa shape index (κ2) is 8.14. The zero-order valence-corrected chi connectivity index (χ0v) is 6.25. The minimum atomic E-state index is -0.374. The molecule has 0 amide bonds. The average Bonchev–Trinajstić information content (AvgIpc) is 1.66. The highest BCUT2D eigenvalue weighted by molar-refractivity contribution is 5.85. The largest absolute Gasteiger partial charge is 0.392 e. The number of halogens is 2. The van der Waals surface area contributed by atoms with E-state index in [1.54, 1.807) is 6.92 Å². The van der Waals surface area contributed by atoms with Crippen LogP contribution in [-0.2, 0) is 0 Å². The second-order valence-electron chi connectivity index (χ2n) is 1.74. The Hall–Kier alpha value is 0.140. The first-order valence-corrected chi connectivity index (χ1v) is 2.72. The molecule has 0 aliphatic rings. The molecule has 2 nitrogen and oxygen atoms in total. The van der Waals surface area contributed by atoms with Crippen LogP contribution in [0.25, 0.3) is 0 Å². The third-order valence-electron chi connectivity index (χ3n) is 0.711. The van der Waals surface area contributed by atoms with Crippen LogP contribution in [0.4, 0.5) is 4.39 Å². The third kappa shape index (κ3) is 11.6. The number of hydrogen-bond acceptors (Lipinski definition) is 2. The SMILES string of the molecule is C[C@H](O)CNCCF.Cl. The number of hydrogen-bond donors (Lipinski definition) is 2. The average molecular weight is 158 g/mol. The second-order valence-corrected chi connectivity index (χ2v) is 1.74. The molecule has 0 saturated heterocycles. The van der Waals surface area contributed by atoms with Gasteiger partial charge in [0.2, 0.25) is 0 Å². The molecule has 0 aliphatic heterocycles. The van der Waals surface area contributed by atoms with Crippen molar-refractivity contribution in [3.8, 4) is 0 Å². The van der Waals surface area contributed by atoms with Gasteiger partial charge in [-0.1, -0.05) is 0 Å². The molecule has 0 rings (SSSR count). The van der Waals surface area contributed by atoms with Crippen LogP contribution in [0.5, 0.6) is 0 Å². The summed E-state index contributed by atoms with van der Waals surface area (Å²) in [5.41, 5.74) is 0. The fraction of sp³-hybridized carbons (Fsp3) is 1.00. The Morgan fingerprint density at radius 1 is 1.67 bits per heavy atom. The Labute approximate surface area is 60.9 Å². The van der Waals surface area contributed by atoms with Crippen molar-refractivity contribution in [3.63, 3.8) is 0 Å². The summed E-state index contributed by atoms with van der Waals surface area (Å²) in [7, 11) is 0. The fourth-order valence-corrected chi connectivity index (χ4v) is 0.378.